The van der Waals surface area contributed by atoms with Gasteiger partial charge in [0.1, 0.15) is 11.8 Å². The second kappa shape index (κ2) is 6.08. The van der Waals surface area contributed by atoms with Gasteiger partial charge in [-0.25, -0.2) is 0 Å². The number of anilines is 1. The van der Waals surface area contributed by atoms with Gasteiger partial charge in [-0.15, -0.1) is 0 Å². The Kier molecular flexibility index (Phi) is 4.74. The molecule has 0 spiro atoms. The Morgan fingerprint density at radius 3 is 2.42 bits per heavy atom. The van der Waals surface area contributed by atoms with Crippen LogP contribution in [0.2, 0.25) is 0 Å². The first-order chi connectivity index (χ1) is 8.86. The molecule has 1 rings (SSSR count). The van der Waals surface area contributed by atoms with Crippen LogP contribution in [0.15, 0.2) is 18.2 Å². The Balaban J connectivity index is 2.97. The molecule has 1 atom stereocenters. The van der Waals surface area contributed by atoms with E-state index in [0.717, 1.165) is 0 Å². The van der Waals surface area contributed by atoms with Crippen LogP contribution in [0, 0.1) is 5.92 Å². The summed E-state index contributed by atoms with van der Waals surface area (Å²) in [5.74, 6) is -0.738. The Morgan fingerprint density at radius 1 is 1.32 bits per heavy atom. The molecule has 0 saturated heterocycles. The van der Waals surface area contributed by atoms with Crippen molar-refractivity contribution < 1.29 is 14.3 Å². The molecule has 0 heterocycles. The quantitative estimate of drug-likeness (QED) is 0.674. The molecule has 6 heteroatoms. The molecule has 1 aromatic carbocycles. The van der Waals surface area contributed by atoms with Gasteiger partial charge in [0.05, 0.1) is 12.7 Å². The minimum atomic E-state index is -0.727. The fourth-order valence-electron chi connectivity index (χ4n) is 1.68. The lowest BCUT2D eigenvalue weighted by Crippen LogP contribution is -2.47. The highest BCUT2D eigenvalue weighted by Gasteiger charge is 2.23. The lowest BCUT2D eigenvalue weighted by atomic mass is 10.0. The Bertz CT molecular complexity index is 486. The van der Waals surface area contributed by atoms with Crippen LogP contribution in [-0.2, 0) is 4.79 Å². The summed E-state index contributed by atoms with van der Waals surface area (Å²) < 4.78 is 5.09. The predicted molar refractivity (Wildman–Crippen MR) is 72.7 cm³/mol. The SMILES string of the molecule is COc1cc(N)ccc1C(=O)NC(C(N)=O)C(C)C. The van der Waals surface area contributed by atoms with E-state index in [4.69, 9.17) is 16.2 Å². The van der Waals surface area contributed by atoms with Crippen molar-refractivity contribution in [1.29, 1.82) is 0 Å². The molecule has 0 saturated carbocycles. The highest BCUT2D eigenvalue weighted by molar-refractivity contribution is 5.99. The highest BCUT2D eigenvalue weighted by atomic mass is 16.5. The molecule has 1 aromatic rings. The molecule has 0 radical (unpaired) electrons. The van der Waals surface area contributed by atoms with Gasteiger partial charge < -0.3 is 21.5 Å². The summed E-state index contributed by atoms with van der Waals surface area (Å²) in [7, 11) is 1.44. The van der Waals surface area contributed by atoms with Crippen molar-refractivity contribution in [3.63, 3.8) is 0 Å². The number of ether oxygens (including phenoxy) is 1. The summed E-state index contributed by atoms with van der Waals surface area (Å²) in [6.45, 7) is 3.60. The molecule has 104 valence electrons. The highest BCUT2D eigenvalue weighted by Crippen LogP contribution is 2.21. The maximum atomic E-state index is 12.1. The number of carbonyl (C=O) groups is 2. The first-order valence-electron chi connectivity index (χ1n) is 5.90. The van der Waals surface area contributed by atoms with Gasteiger partial charge >= 0.3 is 0 Å². The number of nitrogens with one attached hydrogen (secondary N) is 1. The fraction of sp³-hybridized carbons (Fsp3) is 0.385. The van der Waals surface area contributed by atoms with Crippen LogP contribution in [0.5, 0.6) is 5.75 Å². The van der Waals surface area contributed by atoms with E-state index < -0.39 is 17.9 Å². The van der Waals surface area contributed by atoms with Crippen molar-refractivity contribution >= 4 is 17.5 Å². The summed E-state index contributed by atoms with van der Waals surface area (Å²) in [6, 6.07) is 3.95. The molecule has 0 bridgehead atoms. The van der Waals surface area contributed by atoms with Crippen molar-refractivity contribution in [3.05, 3.63) is 23.8 Å². The Labute approximate surface area is 112 Å². The molecule has 0 aromatic heterocycles. The van der Waals surface area contributed by atoms with Crippen LogP contribution < -0.4 is 21.5 Å². The van der Waals surface area contributed by atoms with Crippen molar-refractivity contribution in [3.8, 4) is 5.75 Å². The fourth-order valence-corrected chi connectivity index (χ4v) is 1.68. The number of rotatable bonds is 5. The van der Waals surface area contributed by atoms with Crippen molar-refractivity contribution in [2.75, 3.05) is 12.8 Å². The summed E-state index contributed by atoms with van der Waals surface area (Å²) in [5, 5.41) is 2.59. The average molecular weight is 265 g/mol. The number of carbonyl (C=O) groups excluding carboxylic acids is 2. The number of nitrogen functional groups attached to an aromatic ring is 1. The third kappa shape index (κ3) is 3.61. The first kappa shape index (κ1) is 14.8. The minimum absolute atomic E-state index is 0.0961. The van der Waals surface area contributed by atoms with E-state index in [1.165, 1.54) is 7.11 Å². The second-order valence-electron chi connectivity index (χ2n) is 4.56. The van der Waals surface area contributed by atoms with E-state index in [1.807, 2.05) is 0 Å². The van der Waals surface area contributed by atoms with Crippen LogP contribution in [0.1, 0.15) is 24.2 Å². The zero-order chi connectivity index (χ0) is 14.6. The largest absolute Gasteiger partial charge is 0.496 e. The van der Waals surface area contributed by atoms with E-state index in [-0.39, 0.29) is 5.92 Å². The lowest BCUT2D eigenvalue weighted by Gasteiger charge is -2.19. The number of hydrogen-bond donors (Lipinski definition) is 3. The van der Waals surface area contributed by atoms with Gasteiger partial charge in [0, 0.05) is 11.8 Å². The average Bonchev–Trinajstić information content (AvgIpc) is 2.34. The molecular weight excluding hydrogens is 246 g/mol. The van der Waals surface area contributed by atoms with Crippen molar-refractivity contribution in [2.24, 2.45) is 11.7 Å². The van der Waals surface area contributed by atoms with Crippen LogP contribution >= 0.6 is 0 Å². The van der Waals surface area contributed by atoms with Gasteiger partial charge in [0.25, 0.3) is 5.91 Å². The summed E-state index contributed by atoms with van der Waals surface area (Å²) >= 11 is 0. The molecule has 2 amide bonds. The van der Waals surface area contributed by atoms with Gasteiger partial charge in [-0.2, -0.15) is 0 Å². The third-order valence-corrected chi connectivity index (χ3v) is 2.73. The van der Waals surface area contributed by atoms with E-state index >= 15 is 0 Å². The van der Waals surface area contributed by atoms with E-state index in [2.05, 4.69) is 5.32 Å². The Morgan fingerprint density at radius 2 is 1.95 bits per heavy atom. The molecule has 0 aliphatic carbocycles. The number of amides is 2. The van der Waals surface area contributed by atoms with E-state index in [9.17, 15) is 9.59 Å². The normalized spacial score (nSPS) is 12.0. The van der Waals surface area contributed by atoms with Crippen LogP contribution in [0.3, 0.4) is 0 Å². The maximum Gasteiger partial charge on any atom is 0.255 e. The van der Waals surface area contributed by atoms with E-state index in [0.29, 0.717) is 17.0 Å². The van der Waals surface area contributed by atoms with Crippen LogP contribution in [0.25, 0.3) is 0 Å². The smallest absolute Gasteiger partial charge is 0.255 e. The third-order valence-electron chi connectivity index (χ3n) is 2.73. The Hall–Kier alpha value is -2.24. The summed E-state index contributed by atoms with van der Waals surface area (Å²) in [5.41, 5.74) is 11.7. The van der Waals surface area contributed by atoms with Gasteiger partial charge in [-0.05, 0) is 18.1 Å². The first-order valence-corrected chi connectivity index (χ1v) is 5.90. The van der Waals surface area contributed by atoms with Crippen molar-refractivity contribution in [2.45, 2.75) is 19.9 Å². The topological polar surface area (TPSA) is 107 Å². The molecule has 6 nitrogen and oxygen atoms in total. The standard InChI is InChI=1S/C13H19N3O3/c1-7(2)11(12(15)17)16-13(18)9-5-4-8(14)6-10(9)19-3/h4-7,11H,14H2,1-3H3,(H2,15,17)(H,16,18). The predicted octanol–water partition coefficient (Wildman–Crippen LogP) is 0.517. The molecule has 0 fully saturated rings. The molecule has 19 heavy (non-hydrogen) atoms. The van der Waals surface area contributed by atoms with Gasteiger partial charge in [0.15, 0.2) is 0 Å². The molecule has 5 N–H and O–H groups in total. The van der Waals surface area contributed by atoms with Crippen LogP contribution in [-0.4, -0.2) is 25.0 Å². The molecule has 0 aliphatic heterocycles. The number of methoxy groups -OCH3 is 1. The van der Waals surface area contributed by atoms with E-state index in [1.54, 1.807) is 32.0 Å². The lowest BCUT2D eigenvalue weighted by molar-refractivity contribution is -0.120. The maximum absolute atomic E-state index is 12.1. The van der Waals surface area contributed by atoms with Gasteiger partial charge in [-0.3, -0.25) is 9.59 Å². The monoisotopic (exact) mass is 265 g/mol. The number of hydrogen-bond acceptors (Lipinski definition) is 4. The number of nitrogens with two attached hydrogens (primary N) is 2. The van der Waals surface area contributed by atoms with Crippen molar-refractivity contribution in [1.82, 2.24) is 5.32 Å². The zero-order valence-electron chi connectivity index (χ0n) is 11.3. The second-order valence-corrected chi connectivity index (χ2v) is 4.56. The molecule has 0 aliphatic rings. The number of benzene rings is 1. The van der Waals surface area contributed by atoms with Gasteiger partial charge in [-0.1, -0.05) is 13.8 Å². The molecular formula is C13H19N3O3. The van der Waals surface area contributed by atoms with Gasteiger partial charge in [0.2, 0.25) is 5.91 Å². The summed E-state index contributed by atoms with van der Waals surface area (Å²) in [6.07, 6.45) is 0. The zero-order valence-corrected chi connectivity index (χ0v) is 11.3. The summed E-state index contributed by atoms with van der Waals surface area (Å²) in [4.78, 5) is 23.4. The number of primary amides is 1. The van der Waals surface area contributed by atoms with Crippen LogP contribution in [0.4, 0.5) is 5.69 Å². The minimum Gasteiger partial charge on any atom is -0.496 e. The molecule has 1 unspecified atom stereocenters.